The van der Waals surface area contributed by atoms with E-state index in [1.54, 1.807) is 0 Å². The molecule has 0 unspecified atom stereocenters. The Bertz CT molecular complexity index is 50.9. The summed E-state index contributed by atoms with van der Waals surface area (Å²) in [4.78, 5) is 0. The zero-order valence-corrected chi connectivity index (χ0v) is 6.83. The summed E-state index contributed by atoms with van der Waals surface area (Å²) in [7, 11) is 0. The standard InChI is InChI=1S/C2F3.B.K/c3-1-2(4)5;;/q-1;;+1. The first kappa shape index (κ1) is 15.7. The summed E-state index contributed by atoms with van der Waals surface area (Å²) in [5.74, 6) is 0. The predicted molar refractivity (Wildman–Crippen MR) is 15.8 cm³/mol. The molecule has 0 aromatic carbocycles. The van der Waals surface area contributed by atoms with Gasteiger partial charge in [-0.3, -0.25) is 0 Å². The fraction of sp³-hybridized carbons (Fsp3) is 0. The van der Waals surface area contributed by atoms with E-state index < -0.39 is 6.08 Å². The second-order valence-corrected chi connectivity index (χ2v) is 0.355. The van der Waals surface area contributed by atoms with Crippen molar-refractivity contribution < 1.29 is 64.6 Å². The second-order valence-electron chi connectivity index (χ2n) is 0.355. The number of halogens is 3. The van der Waals surface area contributed by atoms with Gasteiger partial charge in [-0.25, -0.2) is 15.1 Å². The molecule has 0 atom stereocenters. The van der Waals surface area contributed by atoms with Gasteiger partial charge in [0.2, 0.25) is 0 Å². The van der Waals surface area contributed by atoms with Crippen LogP contribution in [0.5, 0.6) is 0 Å². The molecule has 0 aliphatic rings. The Balaban J connectivity index is -0.0000000800. The minimum Gasteiger partial charge on any atom is -0.453 e. The van der Waals surface area contributed by atoms with Gasteiger partial charge in [0.15, 0.2) is 0 Å². The predicted octanol–water partition coefficient (Wildman–Crippen LogP) is -1.88. The number of rotatable bonds is 0. The van der Waals surface area contributed by atoms with Crippen molar-refractivity contribution in [1.82, 2.24) is 0 Å². The molecule has 0 aliphatic carbocycles. The Morgan fingerprint density at radius 1 is 1.29 bits per heavy atom. The van der Waals surface area contributed by atoms with Gasteiger partial charge in [0.05, 0.1) is 0 Å². The van der Waals surface area contributed by atoms with Gasteiger partial charge in [-0.05, 0) is 0 Å². The van der Waals surface area contributed by atoms with Gasteiger partial charge in [0.25, 0.3) is 0 Å². The van der Waals surface area contributed by atoms with E-state index in [-0.39, 0.29) is 66.1 Å². The molecule has 0 nitrogen and oxygen atoms in total. The van der Waals surface area contributed by atoms with E-state index in [1.807, 2.05) is 0 Å². The van der Waals surface area contributed by atoms with E-state index in [0.717, 1.165) is 0 Å². The van der Waals surface area contributed by atoms with Crippen LogP contribution >= 0.6 is 0 Å². The Morgan fingerprint density at radius 2 is 1.43 bits per heavy atom. The maximum Gasteiger partial charge on any atom is 1.00 e. The van der Waals surface area contributed by atoms with Crippen molar-refractivity contribution in [1.29, 1.82) is 0 Å². The molecule has 0 heterocycles. The fourth-order valence-electron chi connectivity index (χ4n) is 0. The summed E-state index contributed by atoms with van der Waals surface area (Å²) in [6.45, 7) is 0. The topological polar surface area (TPSA) is 0 Å². The maximum atomic E-state index is 10.2. The third-order valence-electron chi connectivity index (χ3n) is 0.0714. The largest absolute Gasteiger partial charge is 1.00 e. The summed E-state index contributed by atoms with van der Waals surface area (Å²) in [5, 5.41) is 0. The van der Waals surface area contributed by atoms with E-state index in [1.165, 1.54) is 0 Å². The molecule has 7 heavy (non-hydrogen) atoms. The first-order valence-electron chi connectivity index (χ1n) is 0.817. The van der Waals surface area contributed by atoms with Crippen LogP contribution in [0.2, 0.25) is 0 Å². The average molecular weight is 131 g/mol. The minimum absolute atomic E-state index is 0. The molecular formula is C2BF3K. The molecule has 3 radical (unpaired) electrons. The molecule has 0 bridgehead atoms. The Labute approximate surface area is 84.2 Å². The van der Waals surface area contributed by atoms with E-state index >= 15 is 0 Å². The van der Waals surface area contributed by atoms with Gasteiger partial charge in [-0.15, -0.1) is 0 Å². The van der Waals surface area contributed by atoms with Gasteiger partial charge < -0.3 is 4.39 Å². The Hall–Kier alpha value is 1.23. The molecular weight excluding hydrogens is 131 g/mol. The van der Waals surface area contributed by atoms with Crippen molar-refractivity contribution in [3.63, 3.8) is 0 Å². The van der Waals surface area contributed by atoms with Gasteiger partial charge in [-0.2, -0.15) is 0 Å². The van der Waals surface area contributed by atoms with Crippen LogP contribution in [0.25, 0.3) is 0 Å². The van der Waals surface area contributed by atoms with Crippen LogP contribution in [0.3, 0.4) is 0 Å². The van der Waals surface area contributed by atoms with Crippen molar-refractivity contribution in [2.45, 2.75) is 0 Å². The van der Waals surface area contributed by atoms with Crippen LogP contribution in [0.1, 0.15) is 0 Å². The average Bonchev–Trinajstić information content (AvgIpc) is 1.38. The Kier molecular flexibility index (Phi) is 23.1. The molecule has 0 amide bonds. The van der Waals surface area contributed by atoms with Crippen LogP contribution in [0.15, 0.2) is 6.08 Å². The van der Waals surface area contributed by atoms with E-state index in [2.05, 4.69) is 0 Å². The molecule has 0 saturated carbocycles. The molecule has 0 saturated heterocycles. The van der Waals surface area contributed by atoms with Crippen LogP contribution in [-0.2, 0) is 0 Å². The molecule has 33 valence electrons. The molecule has 5 heteroatoms. The SMILES string of the molecule is F[C-]=C(F)F.[B].[K+]. The summed E-state index contributed by atoms with van der Waals surface area (Å²) < 4.78 is 30.5. The minimum atomic E-state index is -2.41. The molecule has 0 fully saturated rings. The first-order chi connectivity index (χ1) is 2.27. The zero-order valence-electron chi connectivity index (χ0n) is 3.71. The molecule has 0 aliphatic heterocycles. The normalized spacial score (nSPS) is 5.00. The molecule has 0 aromatic rings. The molecule has 0 rings (SSSR count). The van der Waals surface area contributed by atoms with E-state index in [4.69, 9.17) is 0 Å². The summed E-state index contributed by atoms with van der Waals surface area (Å²) in [6.07, 6.45) is -2.30. The smallest absolute Gasteiger partial charge is 0.453 e. The van der Waals surface area contributed by atoms with Crippen molar-refractivity contribution in [3.8, 4) is 0 Å². The quantitative estimate of drug-likeness (QED) is 0.266. The van der Waals surface area contributed by atoms with Crippen molar-refractivity contribution in [2.75, 3.05) is 0 Å². The molecule has 0 N–H and O–H groups in total. The van der Waals surface area contributed by atoms with Crippen LogP contribution < -0.4 is 51.4 Å². The monoisotopic (exact) mass is 131 g/mol. The first-order valence-corrected chi connectivity index (χ1v) is 0.817. The van der Waals surface area contributed by atoms with Gasteiger partial charge in [0, 0.05) is 8.41 Å². The van der Waals surface area contributed by atoms with Gasteiger partial charge in [-0.1, -0.05) is 0 Å². The number of hydrogen-bond acceptors (Lipinski definition) is 0. The number of hydrogen-bond donors (Lipinski definition) is 0. The van der Waals surface area contributed by atoms with Crippen molar-refractivity contribution >= 4 is 8.41 Å². The second kappa shape index (κ2) is 10.3. The van der Waals surface area contributed by atoms with Gasteiger partial charge >= 0.3 is 51.4 Å². The summed E-state index contributed by atoms with van der Waals surface area (Å²) in [6, 6.07) is 0. The molecule has 0 aromatic heterocycles. The van der Waals surface area contributed by atoms with Crippen molar-refractivity contribution in [2.24, 2.45) is 0 Å². The van der Waals surface area contributed by atoms with Gasteiger partial charge in [0.1, 0.15) is 6.08 Å². The van der Waals surface area contributed by atoms with Crippen LogP contribution in [0.4, 0.5) is 13.2 Å². The maximum absolute atomic E-state index is 10.2. The van der Waals surface area contributed by atoms with E-state index in [9.17, 15) is 13.2 Å². The molecule has 0 spiro atoms. The fourth-order valence-corrected chi connectivity index (χ4v) is 0. The Morgan fingerprint density at radius 3 is 1.43 bits per heavy atom. The van der Waals surface area contributed by atoms with Crippen LogP contribution in [0, 0.1) is 6.33 Å². The zero-order chi connectivity index (χ0) is 4.28. The van der Waals surface area contributed by atoms with E-state index in [0.29, 0.717) is 0 Å². The summed E-state index contributed by atoms with van der Waals surface area (Å²) >= 11 is 0. The van der Waals surface area contributed by atoms with Crippen LogP contribution in [-0.4, -0.2) is 8.41 Å². The van der Waals surface area contributed by atoms with Crippen molar-refractivity contribution in [3.05, 3.63) is 12.4 Å². The third kappa shape index (κ3) is 19.0. The summed E-state index contributed by atoms with van der Waals surface area (Å²) in [5.41, 5.74) is 0. The third-order valence-corrected chi connectivity index (χ3v) is 0.0714.